The van der Waals surface area contributed by atoms with E-state index >= 15 is 0 Å². The predicted molar refractivity (Wildman–Crippen MR) is 107 cm³/mol. The standard InChI is InChI=1S/C22H28O5/c1-6-10-11-12-20(24)27-22-16(5)18(25-13-7-2)15-19(26-14-8-3)21(22)17(23)9-4/h7-8,11-12,15H,2-3,6,9-10,13-14H2,1,4-5H3/b12-11+. The molecule has 0 atom stereocenters. The van der Waals surface area contributed by atoms with E-state index in [1.807, 2.05) is 6.92 Å². The maximum atomic E-state index is 12.6. The molecular weight excluding hydrogens is 344 g/mol. The van der Waals surface area contributed by atoms with Crippen LogP contribution in [-0.2, 0) is 4.79 Å². The van der Waals surface area contributed by atoms with E-state index in [1.165, 1.54) is 6.08 Å². The number of benzene rings is 1. The Hall–Kier alpha value is -2.82. The Labute approximate surface area is 161 Å². The second kappa shape index (κ2) is 11.7. The molecule has 0 fully saturated rings. The zero-order chi connectivity index (χ0) is 20.2. The van der Waals surface area contributed by atoms with Gasteiger partial charge < -0.3 is 14.2 Å². The minimum Gasteiger partial charge on any atom is -0.489 e. The van der Waals surface area contributed by atoms with Crippen molar-refractivity contribution in [3.8, 4) is 17.2 Å². The lowest BCUT2D eigenvalue weighted by Gasteiger charge is -2.19. The van der Waals surface area contributed by atoms with E-state index in [0.29, 0.717) is 17.1 Å². The van der Waals surface area contributed by atoms with Crippen molar-refractivity contribution in [2.45, 2.75) is 40.0 Å². The smallest absolute Gasteiger partial charge is 0.335 e. The van der Waals surface area contributed by atoms with Crippen molar-refractivity contribution in [3.05, 3.63) is 54.7 Å². The van der Waals surface area contributed by atoms with Gasteiger partial charge in [0, 0.05) is 24.1 Å². The number of hydrogen-bond donors (Lipinski definition) is 0. The third-order valence-corrected chi connectivity index (χ3v) is 3.67. The first-order valence-electron chi connectivity index (χ1n) is 9.06. The zero-order valence-electron chi connectivity index (χ0n) is 16.4. The van der Waals surface area contributed by atoms with Gasteiger partial charge in [-0.1, -0.05) is 51.7 Å². The van der Waals surface area contributed by atoms with E-state index in [9.17, 15) is 9.59 Å². The number of ketones is 1. The monoisotopic (exact) mass is 372 g/mol. The van der Waals surface area contributed by atoms with Crippen LogP contribution in [0.15, 0.2) is 43.5 Å². The van der Waals surface area contributed by atoms with Crippen molar-refractivity contribution in [1.29, 1.82) is 0 Å². The van der Waals surface area contributed by atoms with Crippen LogP contribution in [0.1, 0.15) is 49.0 Å². The molecule has 146 valence electrons. The lowest BCUT2D eigenvalue weighted by atomic mass is 10.0. The van der Waals surface area contributed by atoms with Gasteiger partial charge in [0.05, 0.1) is 0 Å². The molecule has 0 amide bonds. The maximum absolute atomic E-state index is 12.6. The van der Waals surface area contributed by atoms with Crippen LogP contribution in [0.3, 0.4) is 0 Å². The SMILES string of the molecule is C=CCOc1cc(OCC=C)c(C(=O)CC)c(OC(=O)/C=C/CCC)c1C. The highest BCUT2D eigenvalue weighted by molar-refractivity contribution is 6.03. The van der Waals surface area contributed by atoms with Crippen LogP contribution in [0, 0.1) is 6.92 Å². The van der Waals surface area contributed by atoms with Gasteiger partial charge >= 0.3 is 5.97 Å². The molecule has 0 saturated carbocycles. The maximum Gasteiger partial charge on any atom is 0.335 e. The molecule has 0 N–H and O–H groups in total. The minimum atomic E-state index is -0.549. The summed E-state index contributed by atoms with van der Waals surface area (Å²) in [6.45, 7) is 13.2. The second-order valence-electron chi connectivity index (χ2n) is 5.79. The average Bonchev–Trinajstić information content (AvgIpc) is 2.66. The van der Waals surface area contributed by atoms with Crippen LogP contribution in [0.4, 0.5) is 0 Å². The molecule has 0 saturated heterocycles. The zero-order valence-corrected chi connectivity index (χ0v) is 16.4. The highest BCUT2D eigenvalue weighted by atomic mass is 16.5. The molecular formula is C22H28O5. The minimum absolute atomic E-state index is 0.161. The van der Waals surface area contributed by atoms with Crippen LogP contribution in [0.25, 0.3) is 0 Å². The van der Waals surface area contributed by atoms with Crippen molar-refractivity contribution in [3.63, 3.8) is 0 Å². The van der Waals surface area contributed by atoms with Gasteiger partial charge in [-0.2, -0.15) is 0 Å². The van der Waals surface area contributed by atoms with Gasteiger partial charge in [0.1, 0.15) is 30.3 Å². The Morgan fingerprint density at radius 3 is 2.26 bits per heavy atom. The molecule has 0 aromatic heterocycles. The summed E-state index contributed by atoms with van der Waals surface area (Å²) in [5.74, 6) is 0.183. The Balaban J connectivity index is 3.46. The summed E-state index contributed by atoms with van der Waals surface area (Å²) in [5.41, 5.74) is 0.789. The molecule has 0 bridgehead atoms. The van der Waals surface area contributed by atoms with E-state index in [2.05, 4.69) is 13.2 Å². The lowest BCUT2D eigenvalue weighted by Crippen LogP contribution is -2.13. The number of hydrogen-bond acceptors (Lipinski definition) is 5. The van der Waals surface area contributed by atoms with Crippen LogP contribution in [0.5, 0.6) is 17.2 Å². The van der Waals surface area contributed by atoms with Crippen LogP contribution >= 0.6 is 0 Å². The molecule has 27 heavy (non-hydrogen) atoms. The fourth-order valence-corrected chi connectivity index (χ4v) is 2.32. The molecule has 0 aliphatic carbocycles. The van der Waals surface area contributed by atoms with Crippen molar-refractivity contribution >= 4 is 11.8 Å². The molecule has 0 spiro atoms. The van der Waals surface area contributed by atoms with E-state index < -0.39 is 5.97 Å². The summed E-state index contributed by atoms with van der Waals surface area (Å²) in [4.78, 5) is 24.8. The van der Waals surface area contributed by atoms with Gasteiger partial charge in [0.15, 0.2) is 11.5 Å². The van der Waals surface area contributed by atoms with Crippen molar-refractivity contribution < 1.29 is 23.8 Å². The summed E-state index contributed by atoms with van der Waals surface area (Å²) >= 11 is 0. The molecule has 0 radical (unpaired) electrons. The molecule has 1 rings (SSSR count). The summed E-state index contributed by atoms with van der Waals surface area (Å²) in [6, 6.07) is 1.63. The Kier molecular flexibility index (Phi) is 9.65. The molecule has 0 aliphatic heterocycles. The Bertz CT molecular complexity index is 716. The van der Waals surface area contributed by atoms with Gasteiger partial charge in [-0.15, -0.1) is 0 Å². The highest BCUT2D eigenvalue weighted by Gasteiger charge is 2.25. The van der Waals surface area contributed by atoms with Gasteiger partial charge in [-0.3, -0.25) is 4.79 Å². The molecule has 0 aliphatic rings. The first-order valence-corrected chi connectivity index (χ1v) is 9.06. The number of unbranched alkanes of at least 4 members (excludes halogenated alkanes) is 1. The van der Waals surface area contributed by atoms with Crippen LogP contribution in [-0.4, -0.2) is 25.0 Å². The quantitative estimate of drug-likeness (QED) is 0.170. The molecule has 0 unspecified atom stereocenters. The number of ether oxygens (including phenoxy) is 3. The summed E-state index contributed by atoms with van der Waals surface area (Å²) in [7, 11) is 0. The number of carbonyl (C=O) groups excluding carboxylic acids is 2. The number of carbonyl (C=O) groups is 2. The van der Waals surface area contributed by atoms with Gasteiger partial charge in [-0.05, 0) is 13.3 Å². The normalized spacial score (nSPS) is 10.5. The highest BCUT2D eigenvalue weighted by Crippen LogP contribution is 2.40. The van der Waals surface area contributed by atoms with Gasteiger partial charge in [0.25, 0.3) is 0 Å². The fourth-order valence-electron chi connectivity index (χ4n) is 2.32. The Morgan fingerprint density at radius 2 is 1.70 bits per heavy atom. The first kappa shape index (κ1) is 22.2. The number of rotatable bonds is 12. The lowest BCUT2D eigenvalue weighted by molar-refractivity contribution is -0.129. The first-order chi connectivity index (χ1) is 13.0. The van der Waals surface area contributed by atoms with Crippen molar-refractivity contribution in [2.75, 3.05) is 13.2 Å². The van der Waals surface area contributed by atoms with Crippen LogP contribution < -0.4 is 14.2 Å². The Morgan fingerprint density at radius 1 is 1.07 bits per heavy atom. The average molecular weight is 372 g/mol. The van der Waals surface area contributed by atoms with Gasteiger partial charge in [-0.25, -0.2) is 4.79 Å². The van der Waals surface area contributed by atoms with Crippen molar-refractivity contribution in [1.82, 2.24) is 0 Å². The molecule has 0 heterocycles. The number of Topliss-reactive ketones (excluding diaryl/α,β-unsaturated/α-hetero) is 1. The fraction of sp³-hybridized carbons (Fsp3) is 0.364. The van der Waals surface area contributed by atoms with Gasteiger partial charge in [0.2, 0.25) is 0 Å². The van der Waals surface area contributed by atoms with Crippen molar-refractivity contribution in [2.24, 2.45) is 0 Å². The predicted octanol–water partition coefficient (Wildman–Crippen LogP) is 4.98. The third kappa shape index (κ3) is 6.44. The number of esters is 1. The van der Waals surface area contributed by atoms with E-state index in [-0.39, 0.29) is 36.7 Å². The van der Waals surface area contributed by atoms with E-state index in [0.717, 1.165) is 12.8 Å². The largest absolute Gasteiger partial charge is 0.489 e. The van der Waals surface area contributed by atoms with Crippen LogP contribution in [0.2, 0.25) is 0 Å². The molecule has 5 heteroatoms. The topological polar surface area (TPSA) is 61.8 Å². The third-order valence-electron chi connectivity index (χ3n) is 3.67. The molecule has 1 aromatic rings. The summed E-state index contributed by atoms with van der Waals surface area (Å²) < 4.78 is 16.8. The van der Waals surface area contributed by atoms with E-state index in [1.54, 1.807) is 38.1 Å². The molecule has 1 aromatic carbocycles. The molecule has 5 nitrogen and oxygen atoms in total. The van der Waals surface area contributed by atoms with E-state index in [4.69, 9.17) is 14.2 Å². The second-order valence-corrected chi connectivity index (χ2v) is 5.79. The number of allylic oxidation sites excluding steroid dienone is 1. The summed E-state index contributed by atoms with van der Waals surface area (Å²) in [5, 5.41) is 0. The summed E-state index contributed by atoms with van der Waals surface area (Å²) in [6.07, 6.45) is 8.22.